The third kappa shape index (κ3) is 5.37. The van der Waals surface area contributed by atoms with Crippen molar-refractivity contribution >= 4 is 11.2 Å². The molecule has 0 aliphatic heterocycles. The number of imidazole rings is 1. The monoisotopic (exact) mass is 575 g/mol. The number of nitrogens with zero attached hydrogens (tertiary/aromatic N) is 5. The first-order chi connectivity index (χ1) is 19.5. The molecule has 0 spiro atoms. The number of halogens is 4. The van der Waals surface area contributed by atoms with Crippen LogP contribution in [0.4, 0.5) is 17.6 Å². The molecule has 0 bridgehead atoms. The molecule has 9 nitrogen and oxygen atoms in total. The molecule has 4 aromatic rings. The molecule has 2 atom stereocenters. The molecule has 0 amide bonds. The Morgan fingerprint density at radius 1 is 1.02 bits per heavy atom. The van der Waals surface area contributed by atoms with Gasteiger partial charge in [0.25, 0.3) is 5.56 Å². The zero-order chi connectivity index (χ0) is 29.5. The van der Waals surface area contributed by atoms with Crippen molar-refractivity contribution in [1.82, 2.24) is 23.7 Å². The molecule has 3 aromatic heterocycles. The van der Waals surface area contributed by atoms with Crippen molar-refractivity contribution in [2.75, 3.05) is 6.61 Å². The number of pyridine rings is 1. The molecule has 3 heterocycles. The summed E-state index contributed by atoms with van der Waals surface area (Å²) in [4.78, 5) is 35.1. The van der Waals surface area contributed by atoms with Gasteiger partial charge in [-0.15, -0.1) is 0 Å². The first-order valence-corrected chi connectivity index (χ1v) is 13.4. The number of alkyl halides is 3. The molecule has 1 aliphatic rings. The average molecular weight is 576 g/mol. The Kier molecular flexibility index (Phi) is 7.73. The van der Waals surface area contributed by atoms with Crippen LogP contribution in [0.5, 0.6) is 5.88 Å². The van der Waals surface area contributed by atoms with E-state index in [4.69, 9.17) is 4.74 Å². The Bertz CT molecular complexity index is 1690. The van der Waals surface area contributed by atoms with Crippen LogP contribution in [0.25, 0.3) is 22.6 Å². The third-order valence-electron chi connectivity index (χ3n) is 7.42. The van der Waals surface area contributed by atoms with E-state index in [1.807, 2.05) is 6.92 Å². The average Bonchev–Trinajstić information content (AvgIpc) is 3.30. The molecule has 1 fully saturated rings. The van der Waals surface area contributed by atoms with E-state index in [9.17, 15) is 32.3 Å². The first-order valence-electron chi connectivity index (χ1n) is 13.4. The number of fused-ring (bicyclic) bond motifs is 1. The van der Waals surface area contributed by atoms with Gasteiger partial charge in [-0.1, -0.05) is 19.1 Å². The maximum atomic E-state index is 14.4. The van der Waals surface area contributed by atoms with E-state index < -0.39 is 34.5 Å². The van der Waals surface area contributed by atoms with Crippen molar-refractivity contribution in [2.45, 2.75) is 65.0 Å². The van der Waals surface area contributed by atoms with E-state index in [1.165, 1.54) is 45.5 Å². The number of aryl methyl sites for hydroxylation is 1. The fraction of sp³-hybridized carbons (Fsp3) is 0.429. The van der Waals surface area contributed by atoms with E-state index in [-0.39, 0.29) is 67.6 Å². The second kappa shape index (κ2) is 11.1. The molecule has 13 heteroatoms. The summed E-state index contributed by atoms with van der Waals surface area (Å²) in [5.74, 6) is -0.706. The smallest absolute Gasteiger partial charge is 0.434 e. The molecule has 0 radical (unpaired) electrons. The van der Waals surface area contributed by atoms with Crippen molar-refractivity contribution in [2.24, 2.45) is 5.92 Å². The van der Waals surface area contributed by atoms with Crippen LogP contribution in [0.3, 0.4) is 0 Å². The van der Waals surface area contributed by atoms with Gasteiger partial charge in [0.15, 0.2) is 16.9 Å². The van der Waals surface area contributed by atoms with Crippen LogP contribution >= 0.6 is 0 Å². The number of aliphatic hydroxyl groups is 1. The van der Waals surface area contributed by atoms with Crippen molar-refractivity contribution in [3.05, 3.63) is 74.3 Å². The first kappa shape index (κ1) is 28.5. The van der Waals surface area contributed by atoms with Crippen molar-refractivity contribution < 1.29 is 27.4 Å². The molecule has 0 saturated heterocycles. The molecule has 1 aromatic carbocycles. The van der Waals surface area contributed by atoms with Gasteiger partial charge in [0.05, 0.1) is 0 Å². The highest BCUT2D eigenvalue weighted by Crippen LogP contribution is 2.39. The van der Waals surface area contributed by atoms with Crippen molar-refractivity contribution in [3.63, 3.8) is 0 Å². The van der Waals surface area contributed by atoms with Crippen LogP contribution in [0, 0.1) is 11.7 Å². The Labute approximate surface area is 231 Å². The molecule has 218 valence electrons. The molecule has 1 N–H and O–H groups in total. The zero-order valence-corrected chi connectivity index (χ0v) is 22.5. The minimum Gasteiger partial charge on any atom is -0.474 e. The maximum absolute atomic E-state index is 14.4. The molecule has 2 unspecified atom stereocenters. The zero-order valence-electron chi connectivity index (χ0n) is 22.5. The van der Waals surface area contributed by atoms with E-state index in [0.717, 1.165) is 17.4 Å². The lowest BCUT2D eigenvalue weighted by molar-refractivity contribution is -0.141. The summed E-state index contributed by atoms with van der Waals surface area (Å²) in [7, 11) is 0. The second-order valence-corrected chi connectivity index (χ2v) is 10.1. The predicted octanol–water partition coefficient (Wildman–Crippen LogP) is 4.21. The lowest BCUT2D eigenvalue weighted by Crippen LogP contribution is -2.40. The van der Waals surface area contributed by atoms with Crippen LogP contribution in [-0.4, -0.2) is 41.5 Å². The van der Waals surface area contributed by atoms with Crippen LogP contribution in [-0.2, 0) is 25.8 Å². The van der Waals surface area contributed by atoms with E-state index in [0.29, 0.717) is 5.56 Å². The molecule has 41 heavy (non-hydrogen) atoms. The quantitative estimate of drug-likeness (QED) is 0.300. The van der Waals surface area contributed by atoms with Gasteiger partial charge in [-0.05, 0) is 55.9 Å². The lowest BCUT2D eigenvalue weighted by atomic mass is 9.84. The van der Waals surface area contributed by atoms with Gasteiger partial charge in [0, 0.05) is 37.9 Å². The van der Waals surface area contributed by atoms with Crippen LogP contribution in [0.2, 0.25) is 0 Å². The van der Waals surface area contributed by atoms with Gasteiger partial charge in [-0.2, -0.15) is 13.2 Å². The highest BCUT2D eigenvalue weighted by molar-refractivity contribution is 5.78. The number of aliphatic hydroxyl groups excluding tert-OH is 1. The summed E-state index contributed by atoms with van der Waals surface area (Å²) >= 11 is 0. The highest BCUT2D eigenvalue weighted by Gasteiger charge is 2.39. The van der Waals surface area contributed by atoms with Crippen LogP contribution < -0.4 is 16.0 Å². The van der Waals surface area contributed by atoms with Gasteiger partial charge < -0.3 is 14.4 Å². The summed E-state index contributed by atoms with van der Waals surface area (Å²) < 4.78 is 66.1. The number of ether oxygens (including phenoxy) is 1. The molecule has 1 aliphatic carbocycles. The molecule has 1 saturated carbocycles. The van der Waals surface area contributed by atoms with Gasteiger partial charge in [0.2, 0.25) is 5.88 Å². The van der Waals surface area contributed by atoms with Crippen LogP contribution in [0.1, 0.15) is 44.4 Å². The van der Waals surface area contributed by atoms with Gasteiger partial charge in [-0.25, -0.2) is 19.2 Å². The molecular weight excluding hydrogens is 546 g/mol. The van der Waals surface area contributed by atoms with Crippen LogP contribution in [0.15, 0.2) is 46.0 Å². The Balaban J connectivity index is 1.78. The van der Waals surface area contributed by atoms with Gasteiger partial charge >= 0.3 is 11.9 Å². The summed E-state index contributed by atoms with van der Waals surface area (Å²) in [6.45, 7) is 3.17. The fourth-order valence-electron chi connectivity index (χ4n) is 5.00. The van der Waals surface area contributed by atoms with Gasteiger partial charge in [0.1, 0.15) is 17.7 Å². The summed E-state index contributed by atoms with van der Waals surface area (Å²) in [5.41, 5.74) is -2.79. The summed E-state index contributed by atoms with van der Waals surface area (Å²) in [6, 6.07) is 7.84. The fourth-order valence-corrected chi connectivity index (χ4v) is 5.00. The molecular formula is C28H29F4N5O4. The number of hydrogen-bond donors (Lipinski definition) is 1. The largest absolute Gasteiger partial charge is 0.474 e. The lowest BCUT2D eigenvalue weighted by Gasteiger charge is -2.33. The van der Waals surface area contributed by atoms with Crippen molar-refractivity contribution in [1.29, 1.82) is 0 Å². The number of rotatable bonds is 9. The minimum absolute atomic E-state index is 0.0818. The Hall–Kier alpha value is -4.00. The molecule has 5 rings (SSSR count). The SMILES string of the molecule is CCn1c(=O)n(CCCO)c(=O)c2c1nc(-c1ccc(OC3CCC3C)nc1C(F)(F)F)n2Cc1ccc(F)cc1. The minimum atomic E-state index is -4.90. The number of benzene rings is 1. The second-order valence-electron chi connectivity index (χ2n) is 10.1. The van der Waals surface area contributed by atoms with Crippen molar-refractivity contribution in [3.8, 4) is 17.3 Å². The number of aromatic nitrogens is 5. The highest BCUT2D eigenvalue weighted by atomic mass is 19.4. The Morgan fingerprint density at radius 2 is 1.76 bits per heavy atom. The normalized spacial score (nSPS) is 17.1. The van der Waals surface area contributed by atoms with E-state index in [1.54, 1.807) is 6.92 Å². The summed E-state index contributed by atoms with van der Waals surface area (Å²) in [6.07, 6.45) is -3.38. The standard InChI is InChI=1S/C28H29F4N5O4/c1-3-35-25-22(26(39)36(27(35)40)13-4-14-38)37(15-17-6-8-18(29)9-7-17)24(34-25)19-10-12-21(33-23(19)28(30,31)32)41-20-11-5-16(20)2/h6-10,12,16,20,38H,3-5,11,13-15H2,1-2H3. The predicted molar refractivity (Wildman–Crippen MR) is 142 cm³/mol. The van der Waals surface area contributed by atoms with E-state index in [2.05, 4.69) is 9.97 Å². The summed E-state index contributed by atoms with van der Waals surface area (Å²) in [5, 5.41) is 9.30. The van der Waals surface area contributed by atoms with Gasteiger partial charge in [-0.3, -0.25) is 13.9 Å². The maximum Gasteiger partial charge on any atom is 0.434 e. The topological polar surface area (TPSA) is 104 Å². The third-order valence-corrected chi connectivity index (χ3v) is 7.42. The number of hydrogen-bond acceptors (Lipinski definition) is 6. The Morgan fingerprint density at radius 3 is 2.34 bits per heavy atom. The van der Waals surface area contributed by atoms with E-state index >= 15 is 0 Å².